The van der Waals surface area contributed by atoms with Gasteiger partial charge in [-0.05, 0) is 29.0 Å². The van der Waals surface area contributed by atoms with Crippen molar-refractivity contribution in [3.63, 3.8) is 0 Å². The van der Waals surface area contributed by atoms with E-state index in [1.54, 1.807) is 0 Å². The molecule has 1 unspecified atom stereocenters. The van der Waals surface area contributed by atoms with Gasteiger partial charge in [-0.3, -0.25) is 4.40 Å². The van der Waals surface area contributed by atoms with Gasteiger partial charge in [-0.1, -0.05) is 121 Å². The van der Waals surface area contributed by atoms with Gasteiger partial charge in [0.05, 0.1) is 16.6 Å². The molecule has 0 amide bonds. The number of benzene rings is 6. The summed E-state index contributed by atoms with van der Waals surface area (Å²) < 4.78 is 18.0. The molecule has 0 radical (unpaired) electrons. The highest BCUT2D eigenvalue weighted by molar-refractivity contribution is 7.85. The summed E-state index contributed by atoms with van der Waals surface area (Å²) in [5.74, 6) is 0.897. The zero-order chi connectivity index (χ0) is 26.0. The van der Waals surface area contributed by atoms with E-state index in [0.29, 0.717) is 0 Å². The summed E-state index contributed by atoms with van der Waals surface area (Å²) in [6.07, 6.45) is 0. The van der Waals surface area contributed by atoms with Crippen LogP contribution in [0, 0.1) is 0 Å². The highest BCUT2D eigenvalue weighted by Crippen LogP contribution is 2.47. The Bertz CT molecular complexity index is 2190. The molecule has 1 atom stereocenters. The summed E-state index contributed by atoms with van der Waals surface area (Å²) in [4.78, 5) is 5.16. The second kappa shape index (κ2) is 8.39. The third-order valence-corrected chi connectivity index (χ3v) is 10.9. The number of imidazole rings is 1. The molecule has 4 heteroatoms. The maximum atomic E-state index is 15.7. The third-order valence-electron chi connectivity index (χ3n) is 7.79. The molecule has 8 aromatic rings. The van der Waals surface area contributed by atoms with Gasteiger partial charge in [0.2, 0.25) is 0 Å². The number of fused-ring (bicyclic) bond motifs is 4. The molecule has 0 fully saturated rings. The van der Waals surface area contributed by atoms with Crippen LogP contribution in [0.2, 0.25) is 0 Å². The second-order valence-corrected chi connectivity index (χ2v) is 12.7. The Morgan fingerprint density at radius 2 is 1.23 bits per heavy atom. The zero-order valence-corrected chi connectivity index (χ0v) is 21.9. The third kappa shape index (κ3) is 3.17. The lowest BCUT2D eigenvalue weighted by Gasteiger charge is -2.22. The first-order chi connectivity index (χ1) is 19.2. The normalized spacial score (nSPS) is 13.4. The second-order valence-electron chi connectivity index (χ2n) is 9.96. The van der Waals surface area contributed by atoms with Crippen LogP contribution in [-0.2, 0) is 4.57 Å². The van der Waals surface area contributed by atoms with Crippen LogP contribution in [0.4, 0.5) is 0 Å². The van der Waals surface area contributed by atoms with E-state index in [9.17, 15) is 0 Å². The van der Waals surface area contributed by atoms with E-state index in [2.05, 4.69) is 71.1 Å². The molecule has 3 nitrogen and oxygen atoms in total. The molecular weight excluding hydrogens is 495 g/mol. The predicted octanol–water partition coefficient (Wildman–Crippen LogP) is 7.54. The van der Waals surface area contributed by atoms with E-state index in [1.807, 2.05) is 72.8 Å². The number of hydrogen-bond donors (Lipinski definition) is 0. The van der Waals surface area contributed by atoms with Crippen LogP contribution in [0.15, 0.2) is 140 Å². The molecule has 0 bridgehead atoms. The number of aromatic nitrogens is 2. The first kappa shape index (κ1) is 22.3. The molecule has 0 aliphatic heterocycles. The van der Waals surface area contributed by atoms with Gasteiger partial charge in [0, 0.05) is 32.2 Å². The average Bonchev–Trinajstić information content (AvgIpc) is 3.56. The molecule has 184 valence electrons. The predicted molar refractivity (Wildman–Crippen MR) is 164 cm³/mol. The van der Waals surface area contributed by atoms with Crippen molar-refractivity contribution in [3.05, 3.63) is 140 Å². The average molecular weight is 519 g/mol. The van der Waals surface area contributed by atoms with Crippen molar-refractivity contribution in [1.82, 2.24) is 9.38 Å². The van der Waals surface area contributed by atoms with Gasteiger partial charge in [-0.2, -0.15) is 0 Å². The molecule has 0 aliphatic rings. The Morgan fingerprint density at radius 1 is 0.564 bits per heavy atom. The monoisotopic (exact) mass is 518 g/mol. The van der Waals surface area contributed by atoms with E-state index in [4.69, 9.17) is 4.98 Å². The summed E-state index contributed by atoms with van der Waals surface area (Å²) in [5.41, 5.74) is 4.08. The maximum Gasteiger partial charge on any atom is 0.171 e. The maximum absolute atomic E-state index is 15.7. The van der Waals surface area contributed by atoms with Gasteiger partial charge in [0.1, 0.15) is 5.82 Å². The Morgan fingerprint density at radius 3 is 2.05 bits per heavy atom. The summed E-state index contributed by atoms with van der Waals surface area (Å²) >= 11 is 0. The van der Waals surface area contributed by atoms with Gasteiger partial charge in [-0.15, -0.1) is 0 Å². The first-order valence-electron chi connectivity index (χ1n) is 13.1. The molecule has 2 heterocycles. The molecular formula is C35H23N2OP. The van der Waals surface area contributed by atoms with Crippen LogP contribution in [0.1, 0.15) is 0 Å². The molecule has 2 aromatic heterocycles. The van der Waals surface area contributed by atoms with Gasteiger partial charge in [-0.25, -0.2) is 4.98 Å². The molecule has 39 heavy (non-hydrogen) atoms. The number of nitrogens with zero attached hydrogens (tertiary/aromatic N) is 2. The van der Waals surface area contributed by atoms with Crippen molar-refractivity contribution >= 4 is 61.2 Å². The number of hydrogen-bond acceptors (Lipinski definition) is 2. The molecule has 6 aromatic carbocycles. The Kier molecular flexibility index (Phi) is 4.79. The van der Waals surface area contributed by atoms with Crippen LogP contribution in [0.5, 0.6) is 0 Å². The topological polar surface area (TPSA) is 34.4 Å². The fourth-order valence-electron chi connectivity index (χ4n) is 6.04. The molecule has 0 saturated carbocycles. The van der Waals surface area contributed by atoms with Crippen LogP contribution >= 0.6 is 7.14 Å². The van der Waals surface area contributed by atoms with Crippen molar-refractivity contribution in [2.24, 2.45) is 0 Å². The molecule has 0 N–H and O–H groups in total. The van der Waals surface area contributed by atoms with E-state index in [-0.39, 0.29) is 0 Å². The zero-order valence-electron chi connectivity index (χ0n) is 21.0. The smallest absolute Gasteiger partial charge is 0.171 e. The van der Waals surface area contributed by atoms with Crippen molar-refractivity contribution in [2.75, 3.05) is 0 Å². The largest absolute Gasteiger partial charge is 0.309 e. The fraction of sp³-hybridized carbons (Fsp3) is 0. The first-order valence-corrected chi connectivity index (χ1v) is 14.8. The molecule has 0 spiro atoms. The molecule has 0 saturated heterocycles. The minimum atomic E-state index is -3.27. The van der Waals surface area contributed by atoms with E-state index < -0.39 is 7.14 Å². The van der Waals surface area contributed by atoms with Crippen molar-refractivity contribution in [2.45, 2.75) is 0 Å². The van der Waals surface area contributed by atoms with E-state index >= 15 is 4.57 Å². The Balaban J connectivity index is 1.52. The highest BCUT2D eigenvalue weighted by Gasteiger charge is 2.33. The summed E-state index contributed by atoms with van der Waals surface area (Å²) in [7, 11) is -3.27. The minimum Gasteiger partial charge on any atom is -0.309 e. The van der Waals surface area contributed by atoms with Gasteiger partial charge < -0.3 is 4.57 Å². The van der Waals surface area contributed by atoms with Crippen LogP contribution in [-0.4, -0.2) is 9.38 Å². The molecule has 0 aliphatic carbocycles. The standard InChI is InChI=1S/C35H23N2OP/c38-39(26-16-5-2-6-17-26,33-21-11-15-24-12-7-8-18-28(24)33)27-22-30-29-19-9-10-20-32(29)37-34(30)31(23-27)36-35(37)25-13-3-1-4-14-25/h1-23H. The number of para-hydroxylation sites is 1. The minimum absolute atomic E-state index is 0.800. The highest BCUT2D eigenvalue weighted by atomic mass is 31.2. The number of rotatable bonds is 4. The lowest BCUT2D eigenvalue weighted by Crippen LogP contribution is -2.25. The summed E-state index contributed by atoms with van der Waals surface area (Å²) in [5, 5.41) is 6.78. The van der Waals surface area contributed by atoms with E-state index in [1.165, 1.54) is 0 Å². The van der Waals surface area contributed by atoms with Crippen LogP contribution in [0.25, 0.3) is 49.5 Å². The van der Waals surface area contributed by atoms with Crippen LogP contribution < -0.4 is 15.9 Å². The van der Waals surface area contributed by atoms with Crippen LogP contribution in [0.3, 0.4) is 0 Å². The summed E-state index contributed by atoms with van der Waals surface area (Å²) in [6.45, 7) is 0. The van der Waals surface area contributed by atoms with Crippen molar-refractivity contribution in [1.29, 1.82) is 0 Å². The lowest BCUT2D eigenvalue weighted by atomic mass is 10.1. The SMILES string of the molecule is O=P(c1ccccc1)(c1cc2nc(-c3ccccc3)n3c4ccccc4c(c1)c23)c1cccc2ccccc12. The lowest BCUT2D eigenvalue weighted by molar-refractivity contribution is 0.592. The van der Waals surface area contributed by atoms with Gasteiger partial charge >= 0.3 is 0 Å². The Labute approximate surface area is 225 Å². The quantitative estimate of drug-likeness (QED) is 0.226. The van der Waals surface area contributed by atoms with Gasteiger partial charge in [0.15, 0.2) is 7.14 Å². The Hall–Kier alpha value is -4.72. The van der Waals surface area contributed by atoms with Gasteiger partial charge in [0.25, 0.3) is 0 Å². The van der Waals surface area contributed by atoms with Crippen molar-refractivity contribution in [3.8, 4) is 11.4 Å². The molecule has 8 rings (SSSR count). The van der Waals surface area contributed by atoms with Crippen molar-refractivity contribution < 1.29 is 4.57 Å². The van der Waals surface area contributed by atoms with E-state index in [0.717, 1.165) is 65.4 Å². The summed E-state index contributed by atoms with van der Waals surface area (Å²) in [6, 6.07) is 47.2. The fourth-order valence-corrected chi connectivity index (χ4v) is 8.94.